The first-order valence-electron chi connectivity index (χ1n) is 5.95. The van der Waals surface area contributed by atoms with Crippen molar-refractivity contribution in [2.24, 2.45) is 0 Å². The standard InChI is InChI=1S/C12H17FN2O3S/c1-8-12(2,5-6-18-8)15-19(16,17)11-7-9(13)3-4-10(11)14/h3-4,7-8,15H,5-6,14H2,1-2H3. The number of hydrogen-bond acceptors (Lipinski definition) is 4. The fraction of sp³-hybridized carbons (Fsp3) is 0.500. The molecular formula is C12H17FN2O3S. The summed E-state index contributed by atoms with van der Waals surface area (Å²) in [5, 5.41) is 0. The van der Waals surface area contributed by atoms with Crippen molar-refractivity contribution >= 4 is 15.7 Å². The van der Waals surface area contributed by atoms with Gasteiger partial charge in [-0.3, -0.25) is 0 Å². The van der Waals surface area contributed by atoms with Crippen LogP contribution in [-0.4, -0.2) is 26.7 Å². The highest BCUT2D eigenvalue weighted by Crippen LogP contribution is 2.28. The summed E-state index contributed by atoms with van der Waals surface area (Å²) < 4.78 is 45.7. The Morgan fingerprint density at radius 1 is 1.53 bits per heavy atom. The summed E-state index contributed by atoms with van der Waals surface area (Å²) in [5.41, 5.74) is 4.92. The van der Waals surface area contributed by atoms with Crippen molar-refractivity contribution in [3.8, 4) is 0 Å². The summed E-state index contributed by atoms with van der Waals surface area (Å²) in [7, 11) is -3.88. The van der Waals surface area contributed by atoms with Gasteiger partial charge in [0.1, 0.15) is 10.7 Å². The molecule has 1 aliphatic rings. The molecule has 7 heteroatoms. The van der Waals surface area contributed by atoms with Gasteiger partial charge < -0.3 is 10.5 Å². The first kappa shape index (κ1) is 14.2. The molecule has 0 aliphatic carbocycles. The van der Waals surface area contributed by atoms with Gasteiger partial charge in [-0.25, -0.2) is 17.5 Å². The van der Waals surface area contributed by atoms with E-state index < -0.39 is 21.4 Å². The van der Waals surface area contributed by atoms with E-state index >= 15 is 0 Å². The molecule has 0 bridgehead atoms. The molecule has 106 valence electrons. The molecule has 2 unspecified atom stereocenters. The van der Waals surface area contributed by atoms with E-state index in [-0.39, 0.29) is 16.7 Å². The second-order valence-electron chi connectivity index (χ2n) is 4.97. The van der Waals surface area contributed by atoms with E-state index in [1.54, 1.807) is 13.8 Å². The molecule has 2 atom stereocenters. The fourth-order valence-electron chi connectivity index (χ4n) is 2.07. The Balaban J connectivity index is 2.35. The zero-order chi connectivity index (χ0) is 14.3. The summed E-state index contributed by atoms with van der Waals surface area (Å²) in [5.74, 6) is -0.643. The van der Waals surface area contributed by atoms with Crippen LogP contribution >= 0.6 is 0 Å². The highest BCUT2D eigenvalue weighted by Gasteiger charge is 2.41. The van der Waals surface area contributed by atoms with Crippen LogP contribution in [0.4, 0.5) is 10.1 Å². The van der Waals surface area contributed by atoms with E-state index in [9.17, 15) is 12.8 Å². The molecule has 1 aliphatic heterocycles. The van der Waals surface area contributed by atoms with Crippen molar-refractivity contribution in [2.75, 3.05) is 12.3 Å². The predicted octanol–water partition coefficient (Wildman–Crippen LogP) is 1.25. The molecule has 1 saturated heterocycles. The van der Waals surface area contributed by atoms with Crippen LogP contribution in [0.25, 0.3) is 0 Å². The lowest BCUT2D eigenvalue weighted by Gasteiger charge is -2.28. The zero-order valence-corrected chi connectivity index (χ0v) is 11.6. The molecule has 0 saturated carbocycles. The Labute approximate surface area is 112 Å². The molecule has 0 spiro atoms. The van der Waals surface area contributed by atoms with Crippen molar-refractivity contribution in [1.29, 1.82) is 0 Å². The van der Waals surface area contributed by atoms with Crippen LogP contribution in [-0.2, 0) is 14.8 Å². The van der Waals surface area contributed by atoms with E-state index in [1.807, 2.05) is 0 Å². The third kappa shape index (κ3) is 2.72. The van der Waals surface area contributed by atoms with E-state index in [0.717, 1.165) is 12.1 Å². The summed E-state index contributed by atoms with van der Waals surface area (Å²) in [4.78, 5) is -0.243. The van der Waals surface area contributed by atoms with Gasteiger partial charge in [0.25, 0.3) is 0 Å². The SMILES string of the molecule is CC1OCCC1(C)NS(=O)(=O)c1cc(F)ccc1N. The van der Waals surface area contributed by atoms with Gasteiger partial charge in [-0.1, -0.05) is 0 Å². The molecule has 2 rings (SSSR count). The number of benzene rings is 1. The van der Waals surface area contributed by atoms with Gasteiger partial charge in [0.15, 0.2) is 0 Å². The minimum absolute atomic E-state index is 0.0177. The second-order valence-corrected chi connectivity index (χ2v) is 6.62. The number of halogens is 1. The molecule has 1 aromatic carbocycles. The van der Waals surface area contributed by atoms with Gasteiger partial charge in [-0.2, -0.15) is 0 Å². The van der Waals surface area contributed by atoms with Crippen LogP contribution in [0.1, 0.15) is 20.3 Å². The van der Waals surface area contributed by atoms with Crippen molar-refractivity contribution in [1.82, 2.24) is 4.72 Å². The van der Waals surface area contributed by atoms with E-state index in [4.69, 9.17) is 10.5 Å². The summed E-state index contributed by atoms with van der Waals surface area (Å²) in [6, 6.07) is 3.28. The maximum absolute atomic E-state index is 13.2. The van der Waals surface area contributed by atoms with Gasteiger partial charge in [-0.15, -0.1) is 0 Å². The van der Waals surface area contributed by atoms with E-state index in [2.05, 4.69) is 4.72 Å². The van der Waals surface area contributed by atoms with Crippen LogP contribution in [0.3, 0.4) is 0 Å². The molecular weight excluding hydrogens is 271 g/mol. The monoisotopic (exact) mass is 288 g/mol. The van der Waals surface area contributed by atoms with Crippen molar-refractivity contribution in [2.45, 2.75) is 36.8 Å². The van der Waals surface area contributed by atoms with E-state index in [0.29, 0.717) is 13.0 Å². The zero-order valence-electron chi connectivity index (χ0n) is 10.8. The Kier molecular flexibility index (Phi) is 3.55. The second kappa shape index (κ2) is 4.73. The molecule has 0 radical (unpaired) electrons. The van der Waals surface area contributed by atoms with Gasteiger partial charge in [-0.05, 0) is 38.5 Å². The smallest absolute Gasteiger partial charge is 0.243 e. The maximum atomic E-state index is 13.2. The Morgan fingerprint density at radius 2 is 2.21 bits per heavy atom. The molecule has 3 N–H and O–H groups in total. The van der Waals surface area contributed by atoms with Gasteiger partial charge in [0.2, 0.25) is 10.0 Å². The van der Waals surface area contributed by atoms with Crippen LogP contribution in [0, 0.1) is 5.82 Å². The summed E-state index contributed by atoms with van der Waals surface area (Å²) in [6.45, 7) is 4.04. The van der Waals surface area contributed by atoms with Gasteiger partial charge in [0, 0.05) is 6.61 Å². The fourth-order valence-corrected chi connectivity index (χ4v) is 3.71. The lowest BCUT2D eigenvalue weighted by molar-refractivity contribution is 0.0957. The summed E-state index contributed by atoms with van der Waals surface area (Å²) in [6.07, 6.45) is 0.305. The molecule has 5 nitrogen and oxygen atoms in total. The first-order valence-corrected chi connectivity index (χ1v) is 7.43. The van der Waals surface area contributed by atoms with Crippen molar-refractivity contribution in [3.63, 3.8) is 0 Å². The number of hydrogen-bond donors (Lipinski definition) is 2. The number of nitrogens with two attached hydrogens (primary N) is 1. The molecule has 1 aromatic rings. The third-order valence-electron chi connectivity index (χ3n) is 3.52. The number of ether oxygens (including phenoxy) is 1. The highest BCUT2D eigenvalue weighted by molar-refractivity contribution is 7.89. The van der Waals surface area contributed by atoms with E-state index in [1.165, 1.54) is 6.07 Å². The Morgan fingerprint density at radius 3 is 2.79 bits per heavy atom. The van der Waals surface area contributed by atoms with Gasteiger partial charge >= 0.3 is 0 Å². The van der Waals surface area contributed by atoms with Crippen molar-refractivity contribution < 1.29 is 17.5 Å². The number of rotatable bonds is 3. The highest BCUT2D eigenvalue weighted by atomic mass is 32.2. The topological polar surface area (TPSA) is 81.4 Å². The molecule has 0 aromatic heterocycles. The Hall–Kier alpha value is -1.18. The Bertz CT molecular complexity index is 591. The minimum Gasteiger partial charge on any atom is -0.398 e. The lowest BCUT2D eigenvalue weighted by Crippen LogP contribution is -2.50. The maximum Gasteiger partial charge on any atom is 0.243 e. The van der Waals surface area contributed by atoms with Crippen LogP contribution in [0.5, 0.6) is 0 Å². The minimum atomic E-state index is -3.88. The van der Waals surface area contributed by atoms with Crippen molar-refractivity contribution in [3.05, 3.63) is 24.0 Å². The molecule has 1 heterocycles. The average molecular weight is 288 g/mol. The molecule has 1 fully saturated rings. The number of nitrogen functional groups attached to an aromatic ring is 1. The number of sulfonamides is 1. The predicted molar refractivity (Wildman–Crippen MR) is 69.6 cm³/mol. The lowest BCUT2D eigenvalue weighted by atomic mass is 9.97. The third-order valence-corrected chi connectivity index (χ3v) is 5.19. The van der Waals surface area contributed by atoms with Crippen LogP contribution in [0.15, 0.2) is 23.1 Å². The quantitative estimate of drug-likeness (QED) is 0.820. The summed E-state index contributed by atoms with van der Waals surface area (Å²) >= 11 is 0. The largest absolute Gasteiger partial charge is 0.398 e. The normalized spacial score (nSPS) is 27.6. The number of nitrogens with one attached hydrogen (secondary N) is 1. The number of anilines is 1. The average Bonchev–Trinajstić information content (AvgIpc) is 2.61. The van der Waals surface area contributed by atoms with Crippen LogP contribution < -0.4 is 10.5 Å². The molecule has 0 amide bonds. The van der Waals surface area contributed by atoms with Gasteiger partial charge in [0.05, 0.1) is 17.3 Å². The molecule has 19 heavy (non-hydrogen) atoms. The first-order chi connectivity index (χ1) is 8.74. The van der Waals surface area contributed by atoms with Crippen LogP contribution in [0.2, 0.25) is 0 Å².